The number of carbonyl (C=O) groups is 1. The third kappa shape index (κ3) is 3.06. The monoisotopic (exact) mass is 302 g/mol. The number of pyridine rings is 1. The molecular weight excluding hydrogens is 284 g/mol. The van der Waals surface area contributed by atoms with Crippen LogP contribution in [0.5, 0.6) is 0 Å². The molecule has 1 aliphatic heterocycles. The maximum absolute atomic E-state index is 11.5. The predicted molar refractivity (Wildman–Crippen MR) is 79.3 cm³/mol. The summed E-state index contributed by atoms with van der Waals surface area (Å²) in [6.45, 7) is 5.78. The van der Waals surface area contributed by atoms with Crippen molar-refractivity contribution in [3.05, 3.63) is 35.7 Å². The van der Waals surface area contributed by atoms with Crippen LogP contribution in [-0.2, 0) is 6.54 Å². The second kappa shape index (κ2) is 6.10. The van der Waals surface area contributed by atoms with Gasteiger partial charge < -0.3 is 15.2 Å². The van der Waals surface area contributed by atoms with Gasteiger partial charge in [-0.25, -0.2) is 0 Å². The van der Waals surface area contributed by atoms with E-state index < -0.39 is 5.91 Å². The van der Waals surface area contributed by atoms with Crippen LogP contribution in [0, 0.1) is 6.92 Å². The van der Waals surface area contributed by atoms with Crippen molar-refractivity contribution in [2.75, 3.05) is 31.1 Å². The minimum absolute atomic E-state index is 0.451. The number of primary amides is 1. The molecule has 0 aliphatic carbocycles. The lowest BCUT2D eigenvalue weighted by atomic mass is 10.2. The molecule has 22 heavy (non-hydrogen) atoms. The maximum atomic E-state index is 11.5. The smallest absolute Gasteiger partial charge is 0.252 e. The number of nitrogens with two attached hydrogens (primary N) is 1. The summed E-state index contributed by atoms with van der Waals surface area (Å²) in [6, 6.07) is 1.83. The maximum Gasteiger partial charge on any atom is 0.252 e. The molecule has 2 aromatic rings. The standard InChI is InChI=1S/C14H18N6O2/c1-10-17-13(18-22-10)9-19-4-6-20(7-5-19)12-2-3-16-8-11(12)14(15)21/h2-3,8H,4-7,9H2,1H3,(H2,15,21). The molecule has 1 fully saturated rings. The van der Waals surface area contributed by atoms with E-state index in [1.54, 1.807) is 13.1 Å². The number of hydrogen-bond acceptors (Lipinski definition) is 7. The zero-order valence-electron chi connectivity index (χ0n) is 12.4. The van der Waals surface area contributed by atoms with Gasteiger partial charge in [0.2, 0.25) is 5.89 Å². The van der Waals surface area contributed by atoms with Crippen molar-refractivity contribution in [1.29, 1.82) is 0 Å². The molecule has 3 heterocycles. The fourth-order valence-corrected chi connectivity index (χ4v) is 2.61. The molecule has 116 valence electrons. The van der Waals surface area contributed by atoms with Gasteiger partial charge in [-0.15, -0.1) is 0 Å². The van der Waals surface area contributed by atoms with Gasteiger partial charge in [-0.2, -0.15) is 4.98 Å². The lowest BCUT2D eigenvalue weighted by Gasteiger charge is -2.36. The van der Waals surface area contributed by atoms with E-state index in [2.05, 4.69) is 24.9 Å². The van der Waals surface area contributed by atoms with E-state index in [0.717, 1.165) is 31.9 Å². The van der Waals surface area contributed by atoms with Crippen molar-refractivity contribution >= 4 is 11.6 Å². The van der Waals surface area contributed by atoms with Crippen molar-refractivity contribution < 1.29 is 9.32 Å². The first kappa shape index (κ1) is 14.5. The molecule has 0 aromatic carbocycles. The molecule has 0 radical (unpaired) electrons. The average molecular weight is 302 g/mol. The van der Waals surface area contributed by atoms with Crippen LogP contribution in [0.1, 0.15) is 22.1 Å². The van der Waals surface area contributed by atoms with Crippen molar-refractivity contribution in [2.24, 2.45) is 5.73 Å². The zero-order chi connectivity index (χ0) is 15.5. The van der Waals surface area contributed by atoms with E-state index in [1.165, 1.54) is 6.20 Å². The molecule has 0 spiro atoms. The first-order valence-corrected chi connectivity index (χ1v) is 7.14. The van der Waals surface area contributed by atoms with E-state index in [1.807, 2.05) is 6.07 Å². The molecule has 2 N–H and O–H groups in total. The molecule has 0 bridgehead atoms. The molecule has 3 rings (SSSR count). The van der Waals surface area contributed by atoms with Crippen LogP contribution in [0.25, 0.3) is 0 Å². The highest BCUT2D eigenvalue weighted by molar-refractivity contribution is 5.98. The number of nitrogens with zero attached hydrogens (tertiary/aromatic N) is 5. The summed E-state index contributed by atoms with van der Waals surface area (Å²) in [5.74, 6) is 0.831. The third-order valence-electron chi connectivity index (χ3n) is 3.71. The minimum Gasteiger partial charge on any atom is -0.368 e. The normalized spacial score (nSPS) is 16.0. The molecule has 1 amide bonds. The van der Waals surface area contributed by atoms with Gasteiger partial charge in [0.25, 0.3) is 5.91 Å². The minimum atomic E-state index is -0.451. The van der Waals surface area contributed by atoms with Gasteiger partial charge in [0.05, 0.1) is 17.8 Å². The number of aryl methyl sites for hydroxylation is 1. The summed E-state index contributed by atoms with van der Waals surface area (Å²) < 4.78 is 4.98. The summed E-state index contributed by atoms with van der Waals surface area (Å²) in [4.78, 5) is 24.1. The van der Waals surface area contributed by atoms with E-state index >= 15 is 0 Å². The average Bonchev–Trinajstić information content (AvgIpc) is 2.93. The highest BCUT2D eigenvalue weighted by Gasteiger charge is 2.21. The van der Waals surface area contributed by atoms with Crippen LogP contribution in [0.15, 0.2) is 23.0 Å². The molecule has 0 unspecified atom stereocenters. The van der Waals surface area contributed by atoms with Gasteiger partial charge in [-0.05, 0) is 6.07 Å². The Bertz CT molecular complexity index is 663. The number of aromatic nitrogens is 3. The fourth-order valence-electron chi connectivity index (χ4n) is 2.61. The van der Waals surface area contributed by atoms with Crippen LogP contribution in [-0.4, -0.2) is 52.1 Å². The molecular formula is C14H18N6O2. The molecule has 1 saturated heterocycles. The highest BCUT2D eigenvalue weighted by Crippen LogP contribution is 2.20. The van der Waals surface area contributed by atoms with Gasteiger partial charge in [-0.3, -0.25) is 14.7 Å². The quantitative estimate of drug-likeness (QED) is 0.860. The Hall–Kier alpha value is -2.48. The predicted octanol–water partition coefficient (Wildman–Crippen LogP) is 0.194. The lowest BCUT2D eigenvalue weighted by molar-refractivity contribution is 0.1000. The summed E-state index contributed by atoms with van der Waals surface area (Å²) >= 11 is 0. The van der Waals surface area contributed by atoms with Gasteiger partial charge >= 0.3 is 0 Å². The Morgan fingerprint density at radius 1 is 1.36 bits per heavy atom. The van der Waals surface area contributed by atoms with Crippen LogP contribution < -0.4 is 10.6 Å². The Morgan fingerprint density at radius 2 is 2.14 bits per heavy atom. The molecule has 1 aliphatic rings. The lowest BCUT2D eigenvalue weighted by Crippen LogP contribution is -2.46. The Labute approximate surface area is 127 Å². The fraction of sp³-hybridized carbons (Fsp3) is 0.429. The van der Waals surface area contributed by atoms with Gasteiger partial charge in [-0.1, -0.05) is 5.16 Å². The molecule has 8 nitrogen and oxygen atoms in total. The first-order valence-electron chi connectivity index (χ1n) is 7.14. The number of hydrogen-bond donors (Lipinski definition) is 1. The second-order valence-electron chi connectivity index (χ2n) is 5.25. The second-order valence-corrected chi connectivity index (χ2v) is 5.25. The van der Waals surface area contributed by atoms with Crippen molar-refractivity contribution in [2.45, 2.75) is 13.5 Å². The van der Waals surface area contributed by atoms with E-state index in [0.29, 0.717) is 23.8 Å². The van der Waals surface area contributed by atoms with Crippen molar-refractivity contribution in [1.82, 2.24) is 20.0 Å². The van der Waals surface area contributed by atoms with Crippen molar-refractivity contribution in [3.63, 3.8) is 0 Å². The Morgan fingerprint density at radius 3 is 2.77 bits per heavy atom. The van der Waals surface area contributed by atoms with Crippen LogP contribution >= 0.6 is 0 Å². The topological polar surface area (TPSA) is 101 Å². The Kier molecular flexibility index (Phi) is 4.01. The van der Waals surface area contributed by atoms with Gasteiger partial charge in [0.1, 0.15) is 0 Å². The molecule has 0 atom stereocenters. The number of carbonyl (C=O) groups excluding carboxylic acids is 1. The molecule has 0 saturated carbocycles. The summed E-state index contributed by atoms with van der Waals surface area (Å²) in [5, 5.41) is 3.91. The summed E-state index contributed by atoms with van der Waals surface area (Å²) in [7, 11) is 0. The largest absolute Gasteiger partial charge is 0.368 e. The van der Waals surface area contributed by atoms with Crippen LogP contribution in [0.3, 0.4) is 0 Å². The van der Waals surface area contributed by atoms with Gasteiger partial charge in [0, 0.05) is 45.5 Å². The molecule has 8 heteroatoms. The first-order chi connectivity index (χ1) is 10.6. The summed E-state index contributed by atoms with van der Waals surface area (Å²) in [5.41, 5.74) is 6.72. The molecule has 2 aromatic heterocycles. The van der Waals surface area contributed by atoms with E-state index in [-0.39, 0.29) is 0 Å². The van der Waals surface area contributed by atoms with Crippen molar-refractivity contribution in [3.8, 4) is 0 Å². The van der Waals surface area contributed by atoms with E-state index in [4.69, 9.17) is 10.3 Å². The number of anilines is 1. The van der Waals surface area contributed by atoms with Gasteiger partial charge in [0.15, 0.2) is 5.82 Å². The Balaban J connectivity index is 1.63. The number of piperazine rings is 1. The number of rotatable bonds is 4. The zero-order valence-corrected chi connectivity index (χ0v) is 12.4. The highest BCUT2D eigenvalue weighted by atomic mass is 16.5. The van der Waals surface area contributed by atoms with Crippen LogP contribution in [0.4, 0.5) is 5.69 Å². The summed E-state index contributed by atoms with van der Waals surface area (Å²) in [6.07, 6.45) is 3.20. The van der Waals surface area contributed by atoms with E-state index in [9.17, 15) is 4.79 Å². The number of amides is 1. The third-order valence-corrected chi connectivity index (χ3v) is 3.71. The van der Waals surface area contributed by atoms with Crippen LogP contribution in [0.2, 0.25) is 0 Å². The SMILES string of the molecule is Cc1nc(CN2CCN(c3ccncc3C(N)=O)CC2)no1.